The number of hydrogen-bond donors (Lipinski definition) is 1. The first-order chi connectivity index (χ1) is 9.40. The third-order valence-corrected chi connectivity index (χ3v) is 4.08. The first-order valence-electron chi connectivity index (χ1n) is 7.06. The molecule has 0 spiro atoms. The van der Waals surface area contributed by atoms with Crippen molar-refractivity contribution in [2.24, 2.45) is 0 Å². The van der Waals surface area contributed by atoms with Gasteiger partial charge < -0.3 is 5.32 Å². The summed E-state index contributed by atoms with van der Waals surface area (Å²) >= 11 is 1.76. The predicted octanol–water partition coefficient (Wildman–Crippen LogP) is 4.21. The molecule has 0 bridgehead atoms. The summed E-state index contributed by atoms with van der Waals surface area (Å²) in [5, 5.41) is 3.65. The van der Waals surface area contributed by atoms with Crippen LogP contribution in [0.3, 0.4) is 0 Å². The van der Waals surface area contributed by atoms with Crippen molar-refractivity contribution in [1.82, 2.24) is 10.3 Å². The predicted molar refractivity (Wildman–Crippen MR) is 82.5 cm³/mol. The van der Waals surface area contributed by atoms with Crippen LogP contribution in [0.4, 0.5) is 0 Å². The van der Waals surface area contributed by atoms with Gasteiger partial charge in [0.25, 0.3) is 0 Å². The zero-order valence-corrected chi connectivity index (χ0v) is 12.3. The number of hydrogen-bond acceptors (Lipinski definition) is 3. The summed E-state index contributed by atoms with van der Waals surface area (Å²) in [5.41, 5.74) is 3.32. The van der Waals surface area contributed by atoms with Crippen molar-refractivity contribution in [3.8, 4) is 0 Å². The van der Waals surface area contributed by atoms with E-state index in [1.54, 1.807) is 11.3 Å². The van der Waals surface area contributed by atoms with Gasteiger partial charge >= 0.3 is 0 Å². The van der Waals surface area contributed by atoms with E-state index >= 15 is 0 Å². The first-order valence-corrected chi connectivity index (χ1v) is 7.94. The monoisotopic (exact) mass is 274 g/mol. The van der Waals surface area contributed by atoms with Crippen LogP contribution in [0.5, 0.6) is 0 Å². The van der Waals surface area contributed by atoms with Crippen LogP contribution >= 0.6 is 11.3 Å². The summed E-state index contributed by atoms with van der Waals surface area (Å²) < 4.78 is 0. The van der Waals surface area contributed by atoms with Crippen molar-refractivity contribution in [2.75, 3.05) is 6.54 Å². The summed E-state index contributed by atoms with van der Waals surface area (Å²) in [6.07, 6.45) is 6.70. The Bertz CT molecular complexity index is 439. The van der Waals surface area contributed by atoms with Gasteiger partial charge in [-0.15, -0.1) is 11.3 Å². The van der Waals surface area contributed by atoms with E-state index in [-0.39, 0.29) is 0 Å². The molecule has 0 saturated carbocycles. The van der Waals surface area contributed by atoms with Crippen LogP contribution in [0, 0.1) is 0 Å². The molecule has 0 aliphatic carbocycles. The lowest BCUT2D eigenvalue weighted by Gasteiger charge is -2.18. The van der Waals surface area contributed by atoms with E-state index in [0.29, 0.717) is 6.04 Å². The van der Waals surface area contributed by atoms with Gasteiger partial charge in [0.15, 0.2) is 0 Å². The Morgan fingerprint density at radius 2 is 2.11 bits per heavy atom. The van der Waals surface area contributed by atoms with Gasteiger partial charge in [-0.1, -0.05) is 37.3 Å². The van der Waals surface area contributed by atoms with Crippen molar-refractivity contribution >= 4 is 11.3 Å². The number of rotatable bonds is 8. The molecule has 1 aromatic heterocycles. The summed E-state index contributed by atoms with van der Waals surface area (Å²) in [7, 11) is 0. The lowest BCUT2D eigenvalue weighted by atomic mass is 10.0. The molecule has 0 radical (unpaired) electrons. The molecule has 0 saturated heterocycles. The average Bonchev–Trinajstić information content (AvgIpc) is 2.97. The topological polar surface area (TPSA) is 24.9 Å². The normalized spacial score (nSPS) is 12.5. The number of aryl methyl sites for hydroxylation is 1. The van der Waals surface area contributed by atoms with Gasteiger partial charge in [-0.3, -0.25) is 4.98 Å². The second-order valence-corrected chi connectivity index (χ2v) is 5.75. The molecular weight excluding hydrogens is 252 g/mol. The van der Waals surface area contributed by atoms with Gasteiger partial charge in [-0.05, 0) is 37.8 Å². The summed E-state index contributed by atoms with van der Waals surface area (Å²) in [5.74, 6) is 0. The Hall–Kier alpha value is -1.19. The molecule has 102 valence electrons. The Labute approximate surface area is 119 Å². The summed E-state index contributed by atoms with van der Waals surface area (Å²) in [6.45, 7) is 3.30. The van der Waals surface area contributed by atoms with Crippen LogP contribution < -0.4 is 5.32 Å². The maximum atomic E-state index is 4.13. The molecule has 0 aliphatic heterocycles. The molecule has 0 fully saturated rings. The molecule has 1 heterocycles. The quantitative estimate of drug-likeness (QED) is 0.780. The summed E-state index contributed by atoms with van der Waals surface area (Å²) in [6, 6.07) is 11.3. The highest BCUT2D eigenvalue weighted by Gasteiger charge is 2.09. The number of nitrogens with one attached hydrogen (secondary N) is 1. The number of thiazole rings is 1. The Kier molecular flexibility index (Phi) is 6.05. The van der Waals surface area contributed by atoms with Crippen molar-refractivity contribution in [2.45, 2.75) is 38.6 Å². The molecule has 2 aromatic rings. The minimum Gasteiger partial charge on any atom is -0.310 e. The summed E-state index contributed by atoms with van der Waals surface area (Å²) in [4.78, 5) is 5.52. The molecule has 1 aromatic carbocycles. The van der Waals surface area contributed by atoms with E-state index in [9.17, 15) is 0 Å². The molecule has 2 nitrogen and oxygen atoms in total. The zero-order valence-electron chi connectivity index (χ0n) is 11.5. The van der Waals surface area contributed by atoms with Crippen LogP contribution in [0.2, 0.25) is 0 Å². The molecule has 19 heavy (non-hydrogen) atoms. The highest BCUT2D eigenvalue weighted by atomic mass is 32.1. The fraction of sp³-hybridized carbons (Fsp3) is 0.438. The van der Waals surface area contributed by atoms with Crippen molar-refractivity contribution in [3.05, 3.63) is 52.5 Å². The fourth-order valence-electron chi connectivity index (χ4n) is 2.24. The zero-order chi connectivity index (χ0) is 13.3. The van der Waals surface area contributed by atoms with E-state index in [2.05, 4.69) is 47.6 Å². The van der Waals surface area contributed by atoms with Crippen LogP contribution in [0.15, 0.2) is 42.0 Å². The smallest absolute Gasteiger partial charge is 0.0794 e. The van der Waals surface area contributed by atoms with Crippen molar-refractivity contribution in [1.29, 1.82) is 0 Å². The van der Waals surface area contributed by atoms with E-state index in [1.807, 2.05) is 11.7 Å². The Morgan fingerprint density at radius 1 is 1.26 bits per heavy atom. The molecule has 0 amide bonds. The number of nitrogens with zero attached hydrogens (tertiary/aromatic N) is 1. The molecule has 2 rings (SSSR count). The lowest BCUT2D eigenvalue weighted by molar-refractivity contribution is 0.485. The Morgan fingerprint density at radius 3 is 2.79 bits per heavy atom. The maximum Gasteiger partial charge on any atom is 0.0794 e. The van der Waals surface area contributed by atoms with E-state index < -0.39 is 0 Å². The fourth-order valence-corrected chi connectivity index (χ4v) is 2.88. The highest BCUT2D eigenvalue weighted by molar-refractivity contribution is 7.09. The molecule has 1 atom stereocenters. The minimum atomic E-state index is 0.481. The Balaban J connectivity index is 1.87. The molecule has 1 N–H and O–H groups in total. The molecule has 3 heteroatoms. The third kappa shape index (κ3) is 4.77. The molecular formula is C16H22N2S. The lowest BCUT2D eigenvalue weighted by Crippen LogP contribution is -2.22. The minimum absolute atomic E-state index is 0.481. The van der Waals surface area contributed by atoms with E-state index in [1.165, 1.54) is 29.7 Å². The van der Waals surface area contributed by atoms with E-state index in [0.717, 1.165) is 13.0 Å². The van der Waals surface area contributed by atoms with Gasteiger partial charge in [-0.2, -0.15) is 0 Å². The molecule has 1 unspecified atom stereocenters. The SMILES string of the molecule is CCCNC(CCCc1cncs1)c1ccccc1. The van der Waals surface area contributed by atoms with Gasteiger partial charge in [0, 0.05) is 17.1 Å². The average molecular weight is 274 g/mol. The second kappa shape index (κ2) is 8.08. The molecule has 0 aliphatic rings. The van der Waals surface area contributed by atoms with Gasteiger partial charge in [0.05, 0.1) is 5.51 Å². The maximum absolute atomic E-state index is 4.13. The van der Waals surface area contributed by atoms with E-state index in [4.69, 9.17) is 0 Å². The largest absolute Gasteiger partial charge is 0.310 e. The van der Waals surface area contributed by atoms with Gasteiger partial charge in [0.2, 0.25) is 0 Å². The van der Waals surface area contributed by atoms with Crippen LogP contribution in [-0.2, 0) is 6.42 Å². The van der Waals surface area contributed by atoms with Crippen molar-refractivity contribution in [3.63, 3.8) is 0 Å². The highest BCUT2D eigenvalue weighted by Crippen LogP contribution is 2.20. The number of aromatic nitrogens is 1. The second-order valence-electron chi connectivity index (χ2n) is 4.78. The van der Waals surface area contributed by atoms with Crippen molar-refractivity contribution < 1.29 is 0 Å². The van der Waals surface area contributed by atoms with Gasteiger partial charge in [-0.25, -0.2) is 0 Å². The van der Waals surface area contributed by atoms with Gasteiger partial charge in [0.1, 0.15) is 0 Å². The van der Waals surface area contributed by atoms with Crippen LogP contribution in [-0.4, -0.2) is 11.5 Å². The number of benzene rings is 1. The first kappa shape index (κ1) is 14.2. The third-order valence-electron chi connectivity index (χ3n) is 3.24. The standard InChI is InChI=1S/C16H22N2S/c1-2-11-18-16(14-7-4-3-5-8-14)10-6-9-15-12-17-13-19-15/h3-5,7-8,12-13,16,18H,2,6,9-11H2,1H3. The van der Waals surface area contributed by atoms with Crippen LogP contribution in [0.1, 0.15) is 42.7 Å². The van der Waals surface area contributed by atoms with Crippen LogP contribution in [0.25, 0.3) is 0 Å².